The molecule has 0 amide bonds. The van der Waals surface area contributed by atoms with E-state index in [1.165, 1.54) is 19.4 Å². The number of nitrogens with one attached hydrogen (secondary N) is 1. The number of ether oxygens (including phenoxy) is 1. The molecule has 0 unspecified atom stereocenters. The van der Waals surface area contributed by atoms with Crippen molar-refractivity contribution in [3.05, 3.63) is 33.7 Å². The van der Waals surface area contributed by atoms with Gasteiger partial charge in [-0.3, -0.25) is 4.79 Å². The van der Waals surface area contributed by atoms with Crippen LogP contribution in [0.2, 0.25) is 0 Å². The molecule has 4 heteroatoms. The van der Waals surface area contributed by atoms with Crippen LogP contribution in [0.3, 0.4) is 0 Å². The molecule has 0 aliphatic rings. The molecule has 1 rings (SSSR count). The summed E-state index contributed by atoms with van der Waals surface area (Å²) in [6.07, 6.45) is 1.33. The average molecular weight is 197 g/mol. The maximum atomic E-state index is 10.9. The first-order chi connectivity index (χ1) is 6.65. The van der Waals surface area contributed by atoms with Gasteiger partial charge in [-0.2, -0.15) is 0 Å². The van der Waals surface area contributed by atoms with E-state index in [1.54, 1.807) is 6.92 Å². The van der Waals surface area contributed by atoms with Crippen LogP contribution in [0, 0.1) is 6.92 Å². The van der Waals surface area contributed by atoms with Crippen molar-refractivity contribution >= 4 is 5.97 Å². The second-order valence-electron chi connectivity index (χ2n) is 2.39. The summed E-state index contributed by atoms with van der Waals surface area (Å²) >= 11 is 0. The second kappa shape index (κ2) is 5.96. The molecule has 0 aliphatic heterocycles. The summed E-state index contributed by atoms with van der Waals surface area (Å²) in [5, 5.41) is 0. The fraction of sp³-hybridized carbons (Fsp3) is 0.400. The van der Waals surface area contributed by atoms with Crippen LogP contribution in [0.1, 0.15) is 29.8 Å². The van der Waals surface area contributed by atoms with Crippen LogP contribution < -0.4 is 5.56 Å². The SMILES string of the molecule is CC.COC(=O)c1c[nH]c(=O)c(C)c1. The summed E-state index contributed by atoms with van der Waals surface area (Å²) in [5.74, 6) is -0.450. The molecule has 14 heavy (non-hydrogen) atoms. The number of H-pyrrole nitrogens is 1. The summed E-state index contributed by atoms with van der Waals surface area (Å²) in [7, 11) is 1.29. The zero-order valence-corrected chi connectivity index (χ0v) is 8.88. The van der Waals surface area contributed by atoms with Crippen molar-refractivity contribution in [2.75, 3.05) is 7.11 Å². The lowest BCUT2D eigenvalue weighted by atomic mass is 10.2. The molecule has 0 saturated carbocycles. The van der Waals surface area contributed by atoms with Gasteiger partial charge in [-0.1, -0.05) is 13.8 Å². The third-order valence-electron chi connectivity index (χ3n) is 1.51. The number of rotatable bonds is 1. The van der Waals surface area contributed by atoms with E-state index >= 15 is 0 Å². The maximum Gasteiger partial charge on any atom is 0.339 e. The van der Waals surface area contributed by atoms with Crippen molar-refractivity contribution < 1.29 is 9.53 Å². The molecule has 0 atom stereocenters. The van der Waals surface area contributed by atoms with E-state index < -0.39 is 5.97 Å². The minimum Gasteiger partial charge on any atom is -0.465 e. The summed E-state index contributed by atoms with van der Waals surface area (Å²) in [6, 6.07) is 1.49. The zero-order valence-electron chi connectivity index (χ0n) is 8.88. The summed E-state index contributed by atoms with van der Waals surface area (Å²) < 4.78 is 4.47. The molecule has 1 aromatic heterocycles. The lowest BCUT2D eigenvalue weighted by Crippen LogP contribution is -2.12. The number of hydrogen-bond donors (Lipinski definition) is 1. The first kappa shape index (κ1) is 12.4. The van der Waals surface area contributed by atoms with E-state index in [9.17, 15) is 9.59 Å². The smallest absolute Gasteiger partial charge is 0.339 e. The Bertz CT molecular complexity index is 355. The summed E-state index contributed by atoms with van der Waals surface area (Å²) in [6.45, 7) is 5.63. The van der Waals surface area contributed by atoms with Gasteiger partial charge in [0.15, 0.2) is 0 Å². The van der Waals surface area contributed by atoms with Crippen LogP contribution in [-0.4, -0.2) is 18.1 Å². The van der Waals surface area contributed by atoms with Crippen LogP contribution in [0.15, 0.2) is 17.1 Å². The highest BCUT2D eigenvalue weighted by Gasteiger charge is 2.05. The van der Waals surface area contributed by atoms with Crippen molar-refractivity contribution in [2.24, 2.45) is 0 Å². The molecule has 0 aliphatic carbocycles. The standard InChI is InChI=1S/C8H9NO3.C2H6/c1-5-3-6(8(11)12-2)4-9-7(5)10;1-2/h3-4H,1-2H3,(H,9,10);1-2H3. The fourth-order valence-corrected chi connectivity index (χ4v) is 0.833. The predicted octanol–water partition coefficient (Wildman–Crippen LogP) is 1.50. The number of carbonyl (C=O) groups excluding carboxylic acids is 1. The number of aromatic nitrogens is 1. The Morgan fingerprint density at radius 1 is 1.43 bits per heavy atom. The summed E-state index contributed by atoms with van der Waals surface area (Å²) in [5.41, 5.74) is 0.662. The van der Waals surface area contributed by atoms with Crippen molar-refractivity contribution in [2.45, 2.75) is 20.8 Å². The normalized spacial score (nSPS) is 8.57. The van der Waals surface area contributed by atoms with Gasteiger partial charge >= 0.3 is 5.97 Å². The Labute approximate surface area is 82.9 Å². The van der Waals surface area contributed by atoms with Gasteiger partial charge in [0.25, 0.3) is 5.56 Å². The van der Waals surface area contributed by atoms with Gasteiger partial charge in [-0.05, 0) is 13.0 Å². The van der Waals surface area contributed by atoms with Gasteiger partial charge in [-0.15, -0.1) is 0 Å². The van der Waals surface area contributed by atoms with E-state index in [4.69, 9.17) is 0 Å². The molecule has 0 radical (unpaired) electrons. The van der Waals surface area contributed by atoms with Crippen molar-refractivity contribution in [1.82, 2.24) is 4.98 Å². The molecular weight excluding hydrogens is 182 g/mol. The van der Waals surface area contributed by atoms with Crippen molar-refractivity contribution in [3.8, 4) is 0 Å². The van der Waals surface area contributed by atoms with Crippen molar-refractivity contribution in [1.29, 1.82) is 0 Å². The van der Waals surface area contributed by atoms with Gasteiger partial charge in [0.1, 0.15) is 0 Å². The zero-order chi connectivity index (χ0) is 11.1. The number of hydrogen-bond acceptors (Lipinski definition) is 3. The topological polar surface area (TPSA) is 59.2 Å². The molecule has 1 aromatic rings. The van der Waals surface area contributed by atoms with Gasteiger partial charge in [0, 0.05) is 11.8 Å². The minimum atomic E-state index is -0.450. The molecule has 0 saturated heterocycles. The Hall–Kier alpha value is -1.58. The molecule has 0 bridgehead atoms. The number of aromatic amines is 1. The minimum absolute atomic E-state index is 0.192. The third-order valence-corrected chi connectivity index (χ3v) is 1.51. The van der Waals surface area contributed by atoms with E-state index in [0.29, 0.717) is 11.1 Å². The lowest BCUT2D eigenvalue weighted by molar-refractivity contribution is 0.0600. The van der Waals surface area contributed by atoms with Crippen LogP contribution in [0.25, 0.3) is 0 Å². The Morgan fingerprint density at radius 3 is 2.43 bits per heavy atom. The van der Waals surface area contributed by atoms with E-state index in [2.05, 4.69) is 9.72 Å². The van der Waals surface area contributed by atoms with Crippen LogP contribution in [-0.2, 0) is 4.74 Å². The average Bonchev–Trinajstić information content (AvgIpc) is 2.24. The van der Waals surface area contributed by atoms with Gasteiger partial charge in [0.2, 0.25) is 0 Å². The van der Waals surface area contributed by atoms with Gasteiger partial charge in [0.05, 0.1) is 12.7 Å². The van der Waals surface area contributed by atoms with Crippen LogP contribution in [0.5, 0.6) is 0 Å². The molecule has 0 spiro atoms. The largest absolute Gasteiger partial charge is 0.465 e. The van der Waals surface area contributed by atoms with Crippen LogP contribution in [0.4, 0.5) is 0 Å². The number of methoxy groups -OCH3 is 1. The monoisotopic (exact) mass is 197 g/mol. The quantitative estimate of drug-likeness (QED) is 0.694. The van der Waals surface area contributed by atoms with E-state index in [-0.39, 0.29) is 5.56 Å². The molecule has 0 fully saturated rings. The number of carbonyl (C=O) groups is 1. The molecular formula is C10H15NO3. The number of pyridine rings is 1. The maximum absolute atomic E-state index is 10.9. The lowest BCUT2D eigenvalue weighted by Gasteiger charge is -1.98. The highest BCUT2D eigenvalue weighted by Crippen LogP contribution is 1.98. The van der Waals surface area contributed by atoms with E-state index in [1.807, 2.05) is 13.8 Å². The number of esters is 1. The summed E-state index contributed by atoms with van der Waals surface area (Å²) in [4.78, 5) is 24.2. The molecule has 0 aromatic carbocycles. The highest BCUT2D eigenvalue weighted by molar-refractivity contribution is 5.88. The first-order valence-electron chi connectivity index (χ1n) is 4.43. The predicted molar refractivity (Wildman–Crippen MR) is 54.5 cm³/mol. The molecule has 1 N–H and O–H groups in total. The van der Waals surface area contributed by atoms with Gasteiger partial charge in [-0.25, -0.2) is 4.79 Å². The number of aryl methyl sites for hydroxylation is 1. The highest BCUT2D eigenvalue weighted by atomic mass is 16.5. The molecule has 1 heterocycles. The molecule has 78 valence electrons. The van der Waals surface area contributed by atoms with Gasteiger partial charge < -0.3 is 9.72 Å². The van der Waals surface area contributed by atoms with E-state index in [0.717, 1.165) is 0 Å². The fourth-order valence-electron chi connectivity index (χ4n) is 0.833. The third kappa shape index (κ3) is 3.05. The van der Waals surface area contributed by atoms with Crippen molar-refractivity contribution in [3.63, 3.8) is 0 Å². The molecule has 4 nitrogen and oxygen atoms in total. The first-order valence-corrected chi connectivity index (χ1v) is 4.43. The van der Waals surface area contributed by atoms with Crippen LogP contribution >= 0.6 is 0 Å². The Balaban J connectivity index is 0.000000791. The second-order valence-corrected chi connectivity index (χ2v) is 2.39. The Morgan fingerprint density at radius 2 is 2.00 bits per heavy atom. The Kier molecular flexibility index (Phi) is 5.29.